The molecule has 0 saturated heterocycles. The summed E-state index contributed by atoms with van der Waals surface area (Å²) < 4.78 is 5.49. The number of aromatic nitrogens is 3. The first-order valence-electron chi connectivity index (χ1n) is 8.89. The van der Waals surface area contributed by atoms with Gasteiger partial charge in [0, 0.05) is 22.0 Å². The minimum Gasteiger partial charge on any atom is -0.494 e. The molecule has 2 aromatic carbocycles. The van der Waals surface area contributed by atoms with Gasteiger partial charge >= 0.3 is 0 Å². The fourth-order valence-electron chi connectivity index (χ4n) is 2.85. The van der Waals surface area contributed by atoms with Crippen LogP contribution in [-0.4, -0.2) is 33.7 Å². The van der Waals surface area contributed by atoms with Crippen molar-refractivity contribution >= 4 is 45.0 Å². The number of hydrogen-bond acceptors (Lipinski definition) is 7. The second kappa shape index (κ2) is 8.59. The van der Waals surface area contributed by atoms with Crippen molar-refractivity contribution in [2.24, 2.45) is 0 Å². The van der Waals surface area contributed by atoms with Crippen LogP contribution >= 0.6 is 23.1 Å². The summed E-state index contributed by atoms with van der Waals surface area (Å²) in [5, 5.41) is 4.83. The molecule has 8 heteroatoms. The third-order valence-electron chi connectivity index (χ3n) is 4.14. The molecule has 146 valence electrons. The Bertz CT molecular complexity index is 1160. The van der Waals surface area contributed by atoms with E-state index >= 15 is 0 Å². The summed E-state index contributed by atoms with van der Waals surface area (Å²) in [6.45, 7) is 1.95. The zero-order valence-electron chi connectivity index (χ0n) is 15.9. The van der Waals surface area contributed by atoms with E-state index in [0.717, 1.165) is 27.0 Å². The number of thiazole rings is 1. The van der Waals surface area contributed by atoms with Crippen molar-refractivity contribution in [3.05, 3.63) is 59.6 Å². The van der Waals surface area contributed by atoms with Gasteiger partial charge in [-0.25, -0.2) is 15.0 Å². The highest BCUT2D eigenvalue weighted by Gasteiger charge is 2.15. The Labute approximate surface area is 176 Å². The van der Waals surface area contributed by atoms with Crippen LogP contribution in [0.1, 0.15) is 4.88 Å². The Morgan fingerprint density at radius 3 is 2.69 bits per heavy atom. The van der Waals surface area contributed by atoms with E-state index in [4.69, 9.17) is 9.72 Å². The van der Waals surface area contributed by atoms with Crippen LogP contribution in [-0.2, 0) is 4.79 Å². The lowest BCUT2D eigenvalue weighted by Gasteiger charge is -2.11. The number of amides is 1. The molecule has 0 aliphatic carbocycles. The standard InChI is InChI=1S/C21H18N4O2S2/c1-13-11-22-20(29-13)23-17(26)12-28-21-24-18(14-7-4-3-5-8-14)15-9-6-10-16(27-2)19(15)25-21/h3-11H,12H2,1-2H3,(H,22,23,26). The number of fused-ring (bicyclic) bond motifs is 1. The van der Waals surface area contributed by atoms with Crippen molar-refractivity contribution in [3.8, 4) is 17.0 Å². The smallest absolute Gasteiger partial charge is 0.236 e. The molecule has 29 heavy (non-hydrogen) atoms. The Morgan fingerprint density at radius 2 is 1.97 bits per heavy atom. The van der Waals surface area contributed by atoms with Crippen LogP contribution in [0.4, 0.5) is 5.13 Å². The molecular weight excluding hydrogens is 404 g/mol. The van der Waals surface area contributed by atoms with Crippen molar-refractivity contribution in [3.63, 3.8) is 0 Å². The number of rotatable bonds is 6. The summed E-state index contributed by atoms with van der Waals surface area (Å²) in [6.07, 6.45) is 1.73. The highest BCUT2D eigenvalue weighted by atomic mass is 32.2. The van der Waals surface area contributed by atoms with Crippen LogP contribution in [0.3, 0.4) is 0 Å². The number of nitrogens with one attached hydrogen (secondary N) is 1. The van der Waals surface area contributed by atoms with Gasteiger partial charge in [-0.1, -0.05) is 54.2 Å². The average Bonchev–Trinajstić information content (AvgIpc) is 3.16. The van der Waals surface area contributed by atoms with Crippen molar-refractivity contribution < 1.29 is 9.53 Å². The van der Waals surface area contributed by atoms with Gasteiger partial charge in [0.15, 0.2) is 10.3 Å². The maximum Gasteiger partial charge on any atom is 0.236 e. The summed E-state index contributed by atoms with van der Waals surface area (Å²) >= 11 is 2.73. The lowest BCUT2D eigenvalue weighted by molar-refractivity contribution is -0.113. The lowest BCUT2D eigenvalue weighted by atomic mass is 10.1. The van der Waals surface area contributed by atoms with Crippen LogP contribution < -0.4 is 10.1 Å². The first-order valence-corrected chi connectivity index (χ1v) is 10.7. The predicted molar refractivity (Wildman–Crippen MR) is 118 cm³/mol. The van der Waals surface area contributed by atoms with E-state index in [1.165, 1.54) is 23.1 Å². The predicted octanol–water partition coefficient (Wildman–Crippen LogP) is 4.80. The van der Waals surface area contributed by atoms with E-state index in [0.29, 0.717) is 16.0 Å². The first-order chi connectivity index (χ1) is 14.1. The van der Waals surface area contributed by atoms with Crippen molar-refractivity contribution in [1.82, 2.24) is 15.0 Å². The monoisotopic (exact) mass is 422 g/mol. The molecule has 0 atom stereocenters. The molecule has 2 heterocycles. The molecule has 4 rings (SSSR count). The van der Waals surface area contributed by atoms with Crippen LogP contribution in [0.2, 0.25) is 0 Å². The largest absolute Gasteiger partial charge is 0.494 e. The lowest BCUT2D eigenvalue weighted by Crippen LogP contribution is -2.14. The molecule has 0 fully saturated rings. The quantitative estimate of drug-likeness (QED) is 0.355. The summed E-state index contributed by atoms with van der Waals surface area (Å²) in [6, 6.07) is 15.7. The number of anilines is 1. The van der Waals surface area contributed by atoms with E-state index in [1.807, 2.05) is 55.5 Å². The van der Waals surface area contributed by atoms with Crippen molar-refractivity contribution in [2.75, 3.05) is 18.2 Å². The average molecular weight is 423 g/mol. The van der Waals surface area contributed by atoms with E-state index in [9.17, 15) is 4.79 Å². The zero-order chi connectivity index (χ0) is 20.2. The number of nitrogens with zero attached hydrogens (tertiary/aromatic N) is 3. The summed E-state index contributed by atoms with van der Waals surface area (Å²) in [7, 11) is 1.62. The molecule has 1 amide bonds. The maximum absolute atomic E-state index is 12.3. The Morgan fingerprint density at radius 1 is 1.14 bits per heavy atom. The SMILES string of the molecule is COc1cccc2c(-c3ccccc3)nc(SCC(=O)Nc3ncc(C)s3)nc12. The third kappa shape index (κ3) is 4.38. The van der Waals surface area contributed by atoms with Crippen LogP contribution in [0.15, 0.2) is 59.9 Å². The van der Waals surface area contributed by atoms with Gasteiger partial charge in [-0.2, -0.15) is 0 Å². The zero-order valence-corrected chi connectivity index (χ0v) is 17.5. The van der Waals surface area contributed by atoms with Gasteiger partial charge in [0.25, 0.3) is 0 Å². The van der Waals surface area contributed by atoms with Gasteiger partial charge in [-0.15, -0.1) is 11.3 Å². The molecular formula is C21H18N4O2S2. The molecule has 4 aromatic rings. The van der Waals surface area contributed by atoms with Crippen molar-refractivity contribution in [2.45, 2.75) is 12.1 Å². The van der Waals surface area contributed by atoms with Gasteiger partial charge in [-0.3, -0.25) is 4.79 Å². The molecule has 0 unspecified atom stereocenters. The number of carbonyl (C=O) groups is 1. The van der Waals surface area contributed by atoms with Gasteiger partial charge in [0.2, 0.25) is 5.91 Å². The molecule has 0 spiro atoms. The number of ether oxygens (including phenoxy) is 1. The van der Waals surface area contributed by atoms with Gasteiger partial charge in [0.1, 0.15) is 11.3 Å². The molecule has 0 radical (unpaired) electrons. The summed E-state index contributed by atoms with van der Waals surface area (Å²) in [4.78, 5) is 26.9. The highest BCUT2D eigenvalue weighted by molar-refractivity contribution is 7.99. The number of para-hydroxylation sites is 1. The molecule has 6 nitrogen and oxygen atoms in total. The number of carbonyl (C=O) groups excluding carboxylic acids is 1. The van der Waals surface area contributed by atoms with E-state index in [2.05, 4.69) is 15.3 Å². The minimum atomic E-state index is -0.144. The number of thioether (sulfide) groups is 1. The van der Waals surface area contributed by atoms with Crippen LogP contribution in [0.25, 0.3) is 22.2 Å². The molecule has 0 bridgehead atoms. The van der Waals surface area contributed by atoms with Crippen LogP contribution in [0, 0.1) is 6.92 Å². The third-order valence-corrected chi connectivity index (χ3v) is 5.81. The summed E-state index contributed by atoms with van der Waals surface area (Å²) in [5.74, 6) is 0.717. The maximum atomic E-state index is 12.3. The number of methoxy groups -OCH3 is 1. The fraction of sp³-hybridized carbons (Fsp3) is 0.143. The Balaban J connectivity index is 1.64. The highest BCUT2D eigenvalue weighted by Crippen LogP contribution is 2.33. The van der Waals surface area contributed by atoms with E-state index < -0.39 is 0 Å². The van der Waals surface area contributed by atoms with Gasteiger partial charge in [-0.05, 0) is 13.0 Å². The van der Waals surface area contributed by atoms with E-state index in [1.54, 1.807) is 13.3 Å². The second-order valence-corrected chi connectivity index (χ2v) is 8.37. The molecule has 0 aliphatic rings. The van der Waals surface area contributed by atoms with E-state index in [-0.39, 0.29) is 11.7 Å². The topological polar surface area (TPSA) is 77.0 Å². The molecule has 1 N–H and O–H groups in total. The first kappa shape index (κ1) is 19.4. The summed E-state index contributed by atoms with van der Waals surface area (Å²) in [5.41, 5.74) is 2.52. The normalized spacial score (nSPS) is 10.8. The Hall–Kier alpha value is -2.97. The van der Waals surface area contributed by atoms with Crippen LogP contribution in [0.5, 0.6) is 5.75 Å². The Kier molecular flexibility index (Phi) is 5.73. The van der Waals surface area contributed by atoms with Gasteiger partial charge in [0.05, 0.1) is 18.6 Å². The second-order valence-electron chi connectivity index (χ2n) is 6.19. The number of aryl methyl sites for hydroxylation is 1. The molecule has 2 aromatic heterocycles. The molecule has 0 saturated carbocycles. The molecule has 0 aliphatic heterocycles. The van der Waals surface area contributed by atoms with Gasteiger partial charge < -0.3 is 10.1 Å². The number of hydrogen-bond donors (Lipinski definition) is 1. The fourth-order valence-corrected chi connectivity index (χ4v) is 4.17. The minimum absolute atomic E-state index is 0.144. The number of benzene rings is 2. The van der Waals surface area contributed by atoms with Crippen molar-refractivity contribution in [1.29, 1.82) is 0 Å².